The number of piperidine rings is 1. The van der Waals surface area contributed by atoms with E-state index < -0.39 is 0 Å². The maximum absolute atomic E-state index is 12.8. The molecule has 2 aliphatic rings. The van der Waals surface area contributed by atoms with Gasteiger partial charge in [0.1, 0.15) is 0 Å². The van der Waals surface area contributed by atoms with Crippen LogP contribution in [0.15, 0.2) is 41.2 Å². The average Bonchev–Trinajstić information content (AvgIpc) is 2.98. The van der Waals surface area contributed by atoms with Gasteiger partial charge in [-0.1, -0.05) is 51.1 Å². The van der Waals surface area contributed by atoms with Crippen molar-refractivity contribution < 1.29 is 0 Å². The van der Waals surface area contributed by atoms with Crippen molar-refractivity contribution in [2.75, 3.05) is 31.1 Å². The largest absolute Gasteiger partial charge is 0.361 e. The van der Waals surface area contributed by atoms with E-state index in [-0.39, 0.29) is 17.8 Å². The number of aromatic nitrogens is 3. The fraction of sp³-hybridized carbons (Fsp3) is 0.548. The highest BCUT2D eigenvalue weighted by atomic mass is 16.1. The number of hydrogen-bond donors (Lipinski definition) is 0. The maximum Gasteiger partial charge on any atom is 0.350 e. The first-order valence-electron chi connectivity index (χ1n) is 14.5. The monoisotopic (exact) mass is 527 g/mol. The third kappa shape index (κ3) is 5.57. The minimum atomic E-state index is -0.293. The Labute approximate surface area is 232 Å². The van der Waals surface area contributed by atoms with E-state index in [4.69, 9.17) is 6.57 Å². The molecule has 2 saturated heterocycles. The van der Waals surface area contributed by atoms with E-state index in [1.807, 2.05) is 6.07 Å². The molecule has 3 atom stereocenters. The first-order valence-corrected chi connectivity index (χ1v) is 14.5. The van der Waals surface area contributed by atoms with Crippen LogP contribution in [0.3, 0.4) is 0 Å². The van der Waals surface area contributed by atoms with Crippen LogP contribution in [0.25, 0.3) is 15.9 Å². The summed E-state index contributed by atoms with van der Waals surface area (Å²) < 4.78 is 1.52. The standard InChI is InChI=1S/C31H41N7O/c1-6-25-21-38(30-29-27(35(5)31(39)34-30)15-16-28(32-4)33-29)26(7-2)20-37(25)22(3)24-13-11-23(12-14-24)19-36-17-9-8-10-18-36/h11-16,22,25-26H,6-10,17-21H2,1-3,5H3/t22?,25-,26+/m1/s1. The summed E-state index contributed by atoms with van der Waals surface area (Å²) in [6, 6.07) is 13.5. The number of benzene rings is 1. The van der Waals surface area contributed by atoms with Crippen LogP contribution >= 0.6 is 0 Å². The molecule has 39 heavy (non-hydrogen) atoms. The molecular formula is C31H41N7O. The van der Waals surface area contributed by atoms with E-state index in [1.54, 1.807) is 13.1 Å². The number of rotatable bonds is 7. The first-order chi connectivity index (χ1) is 18.9. The Kier molecular flexibility index (Phi) is 8.29. The Balaban J connectivity index is 1.40. The summed E-state index contributed by atoms with van der Waals surface area (Å²) in [5.41, 5.74) is 3.79. The SMILES string of the molecule is [C-]#[N+]c1ccc2c(n1)c(N1C[C@@H](CC)N(C(C)c3ccc(CN4CCCCC4)cc3)C[C@@H]1CC)nc(=O)n2C. The zero-order valence-corrected chi connectivity index (χ0v) is 23.8. The van der Waals surface area contributed by atoms with Gasteiger partial charge in [0.2, 0.25) is 5.52 Å². The molecule has 2 aliphatic heterocycles. The molecular weight excluding hydrogens is 486 g/mol. The number of nitrogens with zero attached hydrogens (tertiary/aromatic N) is 7. The summed E-state index contributed by atoms with van der Waals surface area (Å²) in [5.74, 6) is 0.929. The maximum atomic E-state index is 12.8. The Hall–Kier alpha value is -3.28. The number of pyridine rings is 1. The minimum Gasteiger partial charge on any atom is -0.361 e. The Bertz CT molecular complexity index is 1390. The number of hydrogen-bond acceptors (Lipinski definition) is 6. The summed E-state index contributed by atoms with van der Waals surface area (Å²) in [4.78, 5) is 33.0. The summed E-state index contributed by atoms with van der Waals surface area (Å²) in [6.45, 7) is 19.3. The lowest BCUT2D eigenvalue weighted by molar-refractivity contribution is 0.101. The smallest absolute Gasteiger partial charge is 0.350 e. The van der Waals surface area contributed by atoms with Crippen LogP contribution in [-0.2, 0) is 13.6 Å². The van der Waals surface area contributed by atoms with E-state index >= 15 is 0 Å². The van der Waals surface area contributed by atoms with E-state index in [0.29, 0.717) is 28.7 Å². The van der Waals surface area contributed by atoms with Gasteiger partial charge in [-0.25, -0.2) is 4.79 Å². The van der Waals surface area contributed by atoms with Gasteiger partial charge in [-0.05, 0) is 69.0 Å². The van der Waals surface area contributed by atoms with Crippen LogP contribution in [0.2, 0.25) is 0 Å². The fourth-order valence-corrected chi connectivity index (χ4v) is 6.35. The number of fused-ring (bicyclic) bond motifs is 1. The van der Waals surface area contributed by atoms with Crippen LogP contribution in [0, 0.1) is 6.57 Å². The molecule has 0 saturated carbocycles. The van der Waals surface area contributed by atoms with Gasteiger partial charge in [-0.3, -0.25) is 14.4 Å². The number of likely N-dealkylation sites (tertiary alicyclic amines) is 1. The van der Waals surface area contributed by atoms with Gasteiger partial charge >= 0.3 is 5.69 Å². The highest BCUT2D eigenvalue weighted by Gasteiger charge is 2.37. The lowest BCUT2D eigenvalue weighted by atomic mass is 9.96. The van der Waals surface area contributed by atoms with Gasteiger partial charge in [-0.15, -0.1) is 4.98 Å². The van der Waals surface area contributed by atoms with E-state index in [1.165, 1.54) is 48.0 Å². The minimum absolute atomic E-state index is 0.190. The van der Waals surface area contributed by atoms with Crippen LogP contribution < -0.4 is 10.6 Å². The van der Waals surface area contributed by atoms with E-state index in [0.717, 1.165) is 32.5 Å². The molecule has 2 aromatic heterocycles. The lowest BCUT2D eigenvalue weighted by Gasteiger charge is -2.49. The average molecular weight is 528 g/mol. The molecule has 1 unspecified atom stereocenters. The second-order valence-corrected chi connectivity index (χ2v) is 11.2. The first kappa shape index (κ1) is 27.3. The van der Waals surface area contributed by atoms with Crippen LogP contribution in [0.1, 0.15) is 70.0 Å². The van der Waals surface area contributed by atoms with Crippen molar-refractivity contribution in [2.45, 2.75) is 77.5 Å². The normalized spacial score (nSPS) is 21.7. The van der Waals surface area contributed by atoms with Gasteiger partial charge in [-0.2, -0.15) is 4.98 Å². The molecule has 3 aromatic rings. The number of piperazine rings is 1. The van der Waals surface area contributed by atoms with Crippen molar-refractivity contribution in [1.82, 2.24) is 24.3 Å². The topological polar surface area (TPSA) is 61.9 Å². The highest BCUT2D eigenvalue weighted by Crippen LogP contribution is 2.34. The predicted molar refractivity (Wildman–Crippen MR) is 157 cm³/mol. The number of aryl methyl sites for hydroxylation is 1. The molecule has 5 rings (SSSR count). The van der Waals surface area contributed by atoms with Crippen molar-refractivity contribution in [1.29, 1.82) is 0 Å². The van der Waals surface area contributed by atoms with E-state index in [9.17, 15) is 4.79 Å². The van der Waals surface area contributed by atoms with E-state index in [2.05, 4.69) is 74.5 Å². The second-order valence-electron chi connectivity index (χ2n) is 11.2. The summed E-state index contributed by atoms with van der Waals surface area (Å²) in [5, 5.41) is 0. The van der Waals surface area contributed by atoms with Crippen molar-refractivity contribution in [3.63, 3.8) is 0 Å². The lowest BCUT2D eigenvalue weighted by Crippen LogP contribution is -2.59. The molecule has 2 fully saturated rings. The van der Waals surface area contributed by atoms with Gasteiger partial charge in [0.15, 0.2) is 5.82 Å². The highest BCUT2D eigenvalue weighted by molar-refractivity contribution is 5.87. The van der Waals surface area contributed by atoms with Gasteiger partial charge in [0.05, 0.1) is 5.52 Å². The zero-order valence-electron chi connectivity index (χ0n) is 23.8. The quantitative estimate of drug-likeness (QED) is 0.389. The van der Waals surface area contributed by atoms with Crippen molar-refractivity contribution in [2.24, 2.45) is 7.05 Å². The second kappa shape index (κ2) is 11.8. The molecule has 4 heterocycles. The summed E-state index contributed by atoms with van der Waals surface area (Å²) in [7, 11) is 1.71. The van der Waals surface area contributed by atoms with Crippen molar-refractivity contribution >= 4 is 22.7 Å². The molecule has 0 aliphatic carbocycles. The van der Waals surface area contributed by atoms with Gasteiger partial charge in [0, 0.05) is 44.8 Å². The van der Waals surface area contributed by atoms with Crippen LogP contribution in [0.4, 0.5) is 11.6 Å². The molecule has 8 heteroatoms. The predicted octanol–water partition coefficient (Wildman–Crippen LogP) is 5.31. The molecule has 1 aromatic carbocycles. The van der Waals surface area contributed by atoms with Gasteiger partial charge < -0.3 is 9.74 Å². The fourth-order valence-electron chi connectivity index (χ4n) is 6.35. The molecule has 0 amide bonds. The van der Waals surface area contributed by atoms with Crippen molar-refractivity contribution in [3.05, 3.63) is 69.4 Å². The van der Waals surface area contributed by atoms with Gasteiger partial charge in [0.25, 0.3) is 5.82 Å². The van der Waals surface area contributed by atoms with Crippen molar-refractivity contribution in [3.8, 4) is 0 Å². The molecule has 0 radical (unpaired) electrons. The Morgan fingerprint density at radius 1 is 0.974 bits per heavy atom. The third-order valence-corrected chi connectivity index (χ3v) is 8.80. The Morgan fingerprint density at radius 2 is 1.69 bits per heavy atom. The molecule has 0 bridgehead atoms. The molecule has 0 N–H and O–H groups in total. The summed E-state index contributed by atoms with van der Waals surface area (Å²) in [6.07, 6.45) is 5.92. The molecule has 206 valence electrons. The van der Waals surface area contributed by atoms with Crippen LogP contribution in [-0.4, -0.2) is 62.6 Å². The zero-order chi connectivity index (χ0) is 27.5. The number of anilines is 1. The van der Waals surface area contributed by atoms with Crippen LogP contribution in [0.5, 0.6) is 0 Å². The molecule has 8 nitrogen and oxygen atoms in total. The summed E-state index contributed by atoms with van der Waals surface area (Å²) >= 11 is 0. The molecule has 0 spiro atoms. The third-order valence-electron chi connectivity index (χ3n) is 8.80. The Morgan fingerprint density at radius 3 is 2.36 bits per heavy atom.